The van der Waals surface area contributed by atoms with Crippen LogP contribution in [0.5, 0.6) is 11.5 Å². The molecule has 5 nitrogen and oxygen atoms in total. The van der Waals surface area contributed by atoms with Crippen LogP contribution in [0.1, 0.15) is 50.5 Å². The first-order valence-electron chi connectivity index (χ1n) is 6.55. The van der Waals surface area contributed by atoms with E-state index in [1.807, 2.05) is 0 Å². The molecular weight excluding hydrogens is 284 g/mol. The first kappa shape index (κ1) is 15.4. The van der Waals surface area contributed by atoms with Gasteiger partial charge in [0.25, 0.3) is 0 Å². The number of carbonyl (C=O) groups is 3. The fraction of sp³-hybridized carbons (Fsp3) is 0.118. The second kappa shape index (κ2) is 5.81. The van der Waals surface area contributed by atoms with Gasteiger partial charge in [-0.1, -0.05) is 12.1 Å². The summed E-state index contributed by atoms with van der Waals surface area (Å²) in [5.74, 6) is -2.30. The molecule has 0 aromatic heterocycles. The number of phenols is 2. The van der Waals surface area contributed by atoms with E-state index < -0.39 is 17.3 Å². The van der Waals surface area contributed by atoms with Crippen LogP contribution in [0, 0.1) is 0 Å². The Morgan fingerprint density at radius 3 is 1.32 bits per heavy atom. The smallest absolute Gasteiger partial charge is 0.200 e. The summed E-state index contributed by atoms with van der Waals surface area (Å²) in [6.07, 6.45) is 0. The minimum absolute atomic E-state index is 0.0214. The van der Waals surface area contributed by atoms with Crippen molar-refractivity contribution in [2.45, 2.75) is 13.8 Å². The van der Waals surface area contributed by atoms with E-state index in [4.69, 9.17) is 0 Å². The standard InChI is InChI=1S/C17H14O5/c1-9(18)11-5-3-7-13(15(11)20)17(22)14-8-4-6-12(10(2)19)16(14)21/h3-8,20-21H,1-2H3. The summed E-state index contributed by atoms with van der Waals surface area (Å²) in [5, 5.41) is 20.1. The number of para-hydroxylation sites is 2. The van der Waals surface area contributed by atoms with Gasteiger partial charge in [0.2, 0.25) is 5.78 Å². The van der Waals surface area contributed by atoms with Gasteiger partial charge in [0.1, 0.15) is 11.5 Å². The van der Waals surface area contributed by atoms with E-state index in [1.54, 1.807) is 0 Å². The second-order valence-corrected chi connectivity index (χ2v) is 4.84. The number of ketones is 3. The van der Waals surface area contributed by atoms with Crippen molar-refractivity contribution >= 4 is 17.3 Å². The van der Waals surface area contributed by atoms with Gasteiger partial charge in [-0.3, -0.25) is 14.4 Å². The van der Waals surface area contributed by atoms with E-state index in [1.165, 1.54) is 50.2 Å². The monoisotopic (exact) mass is 298 g/mol. The molecule has 2 N–H and O–H groups in total. The van der Waals surface area contributed by atoms with Crippen LogP contribution in [-0.2, 0) is 0 Å². The summed E-state index contributed by atoms with van der Waals surface area (Å²) >= 11 is 0. The first-order valence-corrected chi connectivity index (χ1v) is 6.55. The number of hydrogen-bond donors (Lipinski definition) is 2. The highest BCUT2D eigenvalue weighted by atomic mass is 16.3. The molecule has 0 unspecified atom stereocenters. The van der Waals surface area contributed by atoms with Crippen molar-refractivity contribution in [1.29, 1.82) is 0 Å². The normalized spacial score (nSPS) is 10.3. The average molecular weight is 298 g/mol. The number of Topliss-reactive ketones (excluding diaryl/α,β-unsaturated/α-hetero) is 2. The lowest BCUT2D eigenvalue weighted by Crippen LogP contribution is -2.06. The predicted octanol–water partition coefficient (Wildman–Crippen LogP) is 2.73. The van der Waals surface area contributed by atoms with Gasteiger partial charge >= 0.3 is 0 Å². The summed E-state index contributed by atoms with van der Waals surface area (Å²) in [4.78, 5) is 35.3. The number of rotatable bonds is 4. The molecule has 0 saturated carbocycles. The third-order valence-corrected chi connectivity index (χ3v) is 3.32. The minimum Gasteiger partial charge on any atom is -0.506 e. The highest BCUT2D eigenvalue weighted by Gasteiger charge is 2.22. The predicted molar refractivity (Wildman–Crippen MR) is 79.7 cm³/mol. The van der Waals surface area contributed by atoms with Gasteiger partial charge in [-0.05, 0) is 38.1 Å². The maximum absolute atomic E-state index is 12.5. The van der Waals surface area contributed by atoms with Gasteiger partial charge < -0.3 is 10.2 Å². The van der Waals surface area contributed by atoms with Gasteiger partial charge in [-0.2, -0.15) is 0 Å². The van der Waals surface area contributed by atoms with Gasteiger partial charge in [0, 0.05) is 0 Å². The maximum atomic E-state index is 12.5. The molecule has 0 saturated heterocycles. The summed E-state index contributed by atoms with van der Waals surface area (Å²) in [6.45, 7) is 2.55. The Morgan fingerprint density at radius 2 is 1.00 bits per heavy atom. The Labute approximate surface area is 126 Å². The van der Waals surface area contributed by atoms with E-state index in [2.05, 4.69) is 0 Å². The van der Waals surface area contributed by atoms with Crippen LogP contribution in [0.4, 0.5) is 0 Å². The molecule has 2 aromatic rings. The van der Waals surface area contributed by atoms with Crippen molar-refractivity contribution in [2.24, 2.45) is 0 Å². The number of phenolic OH excluding ortho intramolecular Hbond substituents is 2. The van der Waals surface area contributed by atoms with Crippen molar-refractivity contribution in [1.82, 2.24) is 0 Å². The second-order valence-electron chi connectivity index (χ2n) is 4.84. The van der Waals surface area contributed by atoms with Gasteiger partial charge in [-0.25, -0.2) is 0 Å². The van der Waals surface area contributed by atoms with Crippen LogP contribution in [0.2, 0.25) is 0 Å². The lowest BCUT2D eigenvalue weighted by molar-refractivity contribution is 0.100. The van der Waals surface area contributed by atoms with Crippen molar-refractivity contribution in [3.63, 3.8) is 0 Å². The fourth-order valence-electron chi connectivity index (χ4n) is 2.17. The molecule has 0 radical (unpaired) electrons. The maximum Gasteiger partial charge on any atom is 0.200 e. The Bertz CT molecular complexity index is 724. The highest BCUT2D eigenvalue weighted by Crippen LogP contribution is 2.30. The third-order valence-electron chi connectivity index (χ3n) is 3.32. The Kier molecular flexibility index (Phi) is 4.08. The summed E-state index contributed by atoms with van der Waals surface area (Å²) < 4.78 is 0. The van der Waals surface area contributed by atoms with Crippen LogP contribution in [0.25, 0.3) is 0 Å². The summed E-state index contributed by atoms with van der Waals surface area (Å²) in [6, 6.07) is 8.44. The fourth-order valence-corrected chi connectivity index (χ4v) is 2.17. The SMILES string of the molecule is CC(=O)c1cccc(C(=O)c2cccc(C(C)=O)c2O)c1O. The topological polar surface area (TPSA) is 91.7 Å². The molecular formula is C17H14O5. The summed E-state index contributed by atoms with van der Waals surface area (Å²) in [7, 11) is 0. The largest absolute Gasteiger partial charge is 0.506 e. The van der Waals surface area contributed by atoms with Gasteiger partial charge in [0.05, 0.1) is 22.3 Å². The number of carbonyl (C=O) groups excluding carboxylic acids is 3. The van der Waals surface area contributed by atoms with E-state index in [9.17, 15) is 24.6 Å². The molecule has 0 bridgehead atoms. The molecule has 0 fully saturated rings. The molecule has 0 amide bonds. The van der Waals surface area contributed by atoms with Crippen LogP contribution >= 0.6 is 0 Å². The molecule has 0 spiro atoms. The first-order chi connectivity index (χ1) is 10.3. The van der Waals surface area contributed by atoms with Crippen LogP contribution < -0.4 is 0 Å². The zero-order valence-electron chi connectivity index (χ0n) is 12.1. The molecule has 0 heterocycles. The van der Waals surface area contributed by atoms with Crippen molar-refractivity contribution < 1.29 is 24.6 Å². The zero-order chi connectivity index (χ0) is 16.4. The quantitative estimate of drug-likeness (QED) is 0.847. The molecule has 0 aliphatic carbocycles. The Morgan fingerprint density at radius 1 is 0.682 bits per heavy atom. The molecule has 0 atom stereocenters. The van der Waals surface area contributed by atoms with E-state index in [0.29, 0.717) is 0 Å². The summed E-state index contributed by atoms with van der Waals surface area (Å²) in [5.41, 5.74) is -0.173. The average Bonchev–Trinajstić information content (AvgIpc) is 2.46. The van der Waals surface area contributed by atoms with E-state index in [0.717, 1.165) is 0 Å². The van der Waals surface area contributed by atoms with Gasteiger partial charge in [-0.15, -0.1) is 0 Å². The van der Waals surface area contributed by atoms with Crippen LogP contribution in [-0.4, -0.2) is 27.6 Å². The lowest BCUT2D eigenvalue weighted by Gasteiger charge is -2.10. The molecule has 112 valence electrons. The van der Waals surface area contributed by atoms with Gasteiger partial charge in [0.15, 0.2) is 11.6 Å². The zero-order valence-corrected chi connectivity index (χ0v) is 12.1. The third kappa shape index (κ3) is 2.61. The lowest BCUT2D eigenvalue weighted by atomic mass is 9.96. The molecule has 22 heavy (non-hydrogen) atoms. The van der Waals surface area contributed by atoms with Crippen molar-refractivity contribution in [3.8, 4) is 11.5 Å². The molecule has 5 heteroatoms. The Hall–Kier alpha value is -2.95. The molecule has 2 rings (SSSR count). The molecule has 0 aliphatic heterocycles. The van der Waals surface area contributed by atoms with Crippen LogP contribution in [0.3, 0.4) is 0 Å². The van der Waals surface area contributed by atoms with E-state index >= 15 is 0 Å². The highest BCUT2D eigenvalue weighted by molar-refractivity contribution is 6.15. The molecule has 0 aliphatic rings. The van der Waals surface area contributed by atoms with Crippen molar-refractivity contribution in [3.05, 3.63) is 58.7 Å². The number of benzene rings is 2. The number of aromatic hydroxyl groups is 2. The Balaban J connectivity index is 2.59. The number of hydrogen-bond acceptors (Lipinski definition) is 5. The minimum atomic E-state index is -0.666. The van der Waals surface area contributed by atoms with Crippen LogP contribution in [0.15, 0.2) is 36.4 Å². The molecule has 2 aromatic carbocycles. The van der Waals surface area contributed by atoms with E-state index in [-0.39, 0.29) is 33.8 Å². The van der Waals surface area contributed by atoms with Crippen molar-refractivity contribution in [2.75, 3.05) is 0 Å².